The Bertz CT molecular complexity index is 324. The molecule has 1 rings (SSSR count). The third-order valence-electron chi connectivity index (χ3n) is 1.38. The van der Waals surface area contributed by atoms with E-state index in [9.17, 15) is 17.6 Å². The highest BCUT2D eigenvalue weighted by atomic mass is 19.4. The molecular weight excluding hydrogens is 202 g/mol. The summed E-state index contributed by atoms with van der Waals surface area (Å²) in [6.07, 6.45) is -4.49. The highest BCUT2D eigenvalue weighted by molar-refractivity contribution is 5.45. The van der Waals surface area contributed by atoms with Crippen molar-refractivity contribution in [1.82, 2.24) is 0 Å². The zero-order chi connectivity index (χ0) is 10.8. The number of hydrogen-bond acceptors (Lipinski definition) is 2. The van der Waals surface area contributed by atoms with Crippen molar-refractivity contribution in [3.05, 3.63) is 24.0 Å². The van der Waals surface area contributed by atoms with Gasteiger partial charge in [0.2, 0.25) is 0 Å². The lowest BCUT2D eigenvalue weighted by Crippen LogP contribution is -2.19. The average Bonchev–Trinajstić information content (AvgIpc) is 2.06. The maximum Gasteiger partial charge on any atom is 0.422 e. The Kier molecular flexibility index (Phi) is 2.83. The summed E-state index contributed by atoms with van der Waals surface area (Å²) >= 11 is 0. The first kappa shape index (κ1) is 10.6. The molecule has 0 amide bonds. The maximum absolute atomic E-state index is 13.0. The molecule has 0 saturated heterocycles. The summed E-state index contributed by atoms with van der Waals surface area (Å²) in [4.78, 5) is 0. The lowest BCUT2D eigenvalue weighted by molar-refractivity contribution is -0.153. The molecule has 0 aliphatic rings. The first-order valence-corrected chi connectivity index (χ1v) is 3.63. The molecule has 0 heterocycles. The third-order valence-corrected chi connectivity index (χ3v) is 1.38. The van der Waals surface area contributed by atoms with Gasteiger partial charge in [-0.25, -0.2) is 4.39 Å². The quantitative estimate of drug-likeness (QED) is 0.599. The lowest BCUT2D eigenvalue weighted by Gasteiger charge is -2.10. The van der Waals surface area contributed by atoms with Crippen molar-refractivity contribution >= 4 is 5.69 Å². The Morgan fingerprint density at radius 3 is 2.50 bits per heavy atom. The smallest absolute Gasteiger partial charge is 0.422 e. The molecular formula is C8H7F4NO. The van der Waals surface area contributed by atoms with Gasteiger partial charge in [0, 0.05) is 0 Å². The second-order valence-corrected chi connectivity index (χ2v) is 2.56. The Balaban J connectivity index is 2.73. The first-order valence-electron chi connectivity index (χ1n) is 3.63. The second kappa shape index (κ2) is 3.73. The summed E-state index contributed by atoms with van der Waals surface area (Å²) in [6.45, 7) is -1.53. The molecule has 0 spiro atoms. The van der Waals surface area contributed by atoms with Gasteiger partial charge in [0.05, 0.1) is 5.69 Å². The SMILES string of the molecule is Nc1cccc(OCC(F)(F)F)c1F. The fourth-order valence-corrected chi connectivity index (χ4v) is 0.799. The molecule has 78 valence electrons. The predicted octanol–water partition coefficient (Wildman–Crippen LogP) is 2.35. The normalized spacial score (nSPS) is 11.4. The van der Waals surface area contributed by atoms with Crippen LogP contribution in [0.4, 0.5) is 23.2 Å². The molecule has 0 aromatic heterocycles. The summed E-state index contributed by atoms with van der Waals surface area (Å²) in [5.41, 5.74) is 4.88. The van der Waals surface area contributed by atoms with Crippen LogP contribution in [0.15, 0.2) is 18.2 Å². The van der Waals surface area contributed by atoms with Crippen molar-refractivity contribution in [1.29, 1.82) is 0 Å². The van der Waals surface area contributed by atoms with E-state index in [1.165, 1.54) is 12.1 Å². The van der Waals surface area contributed by atoms with E-state index in [4.69, 9.17) is 5.73 Å². The highest BCUT2D eigenvalue weighted by Crippen LogP contribution is 2.24. The molecule has 0 atom stereocenters. The van der Waals surface area contributed by atoms with Crippen molar-refractivity contribution in [3.8, 4) is 5.75 Å². The van der Waals surface area contributed by atoms with Crippen LogP contribution in [0.5, 0.6) is 5.75 Å². The van der Waals surface area contributed by atoms with E-state index in [2.05, 4.69) is 4.74 Å². The van der Waals surface area contributed by atoms with Crippen LogP contribution in [0.1, 0.15) is 0 Å². The molecule has 0 saturated carbocycles. The fourth-order valence-electron chi connectivity index (χ4n) is 0.799. The van der Waals surface area contributed by atoms with Gasteiger partial charge in [0.15, 0.2) is 18.2 Å². The van der Waals surface area contributed by atoms with Crippen molar-refractivity contribution in [2.75, 3.05) is 12.3 Å². The average molecular weight is 209 g/mol. The summed E-state index contributed by atoms with van der Waals surface area (Å²) in [7, 11) is 0. The molecule has 0 aliphatic carbocycles. The predicted molar refractivity (Wildman–Crippen MR) is 42.4 cm³/mol. The number of halogens is 4. The summed E-state index contributed by atoms with van der Waals surface area (Å²) in [6, 6.07) is 3.62. The number of rotatable bonds is 2. The highest BCUT2D eigenvalue weighted by Gasteiger charge is 2.29. The molecule has 1 aromatic rings. The standard InChI is InChI=1S/C8H7F4NO/c9-7-5(13)2-1-3-6(7)14-4-8(10,11)12/h1-3H,4,13H2. The third kappa shape index (κ3) is 2.79. The van der Waals surface area contributed by atoms with Crippen LogP contribution in [-0.2, 0) is 0 Å². The van der Waals surface area contributed by atoms with Crippen LogP contribution in [0, 0.1) is 5.82 Å². The molecule has 0 radical (unpaired) electrons. The van der Waals surface area contributed by atoms with Crippen LogP contribution in [0.3, 0.4) is 0 Å². The van der Waals surface area contributed by atoms with E-state index in [0.29, 0.717) is 0 Å². The molecule has 2 N–H and O–H groups in total. The van der Waals surface area contributed by atoms with Crippen LogP contribution in [0.2, 0.25) is 0 Å². The summed E-state index contributed by atoms with van der Waals surface area (Å²) < 4.78 is 52.2. The summed E-state index contributed by atoms with van der Waals surface area (Å²) in [5.74, 6) is -1.47. The Labute approximate surface area is 77.3 Å². The molecule has 1 aromatic carbocycles. The molecule has 0 aliphatic heterocycles. The topological polar surface area (TPSA) is 35.2 Å². The van der Waals surface area contributed by atoms with Crippen LogP contribution < -0.4 is 10.5 Å². The van der Waals surface area contributed by atoms with Gasteiger partial charge in [0.1, 0.15) is 0 Å². The monoisotopic (exact) mass is 209 g/mol. The molecule has 2 nitrogen and oxygen atoms in total. The number of benzene rings is 1. The molecule has 14 heavy (non-hydrogen) atoms. The van der Waals surface area contributed by atoms with Gasteiger partial charge >= 0.3 is 6.18 Å². The van der Waals surface area contributed by atoms with Crippen molar-refractivity contribution in [2.24, 2.45) is 0 Å². The zero-order valence-electron chi connectivity index (χ0n) is 6.94. The first-order chi connectivity index (χ1) is 6.40. The van der Waals surface area contributed by atoms with Gasteiger partial charge in [0.25, 0.3) is 0 Å². The Hall–Kier alpha value is -1.46. The number of hydrogen-bond donors (Lipinski definition) is 1. The van der Waals surface area contributed by atoms with Crippen LogP contribution in [0.25, 0.3) is 0 Å². The number of alkyl halides is 3. The zero-order valence-corrected chi connectivity index (χ0v) is 6.94. The van der Waals surface area contributed by atoms with E-state index in [1.807, 2.05) is 0 Å². The number of anilines is 1. The number of ether oxygens (including phenoxy) is 1. The van der Waals surface area contributed by atoms with E-state index < -0.39 is 24.3 Å². The number of nitrogens with two attached hydrogens (primary N) is 1. The van der Waals surface area contributed by atoms with Gasteiger partial charge in [-0.15, -0.1) is 0 Å². The van der Waals surface area contributed by atoms with Crippen LogP contribution >= 0.6 is 0 Å². The van der Waals surface area contributed by atoms with Gasteiger partial charge in [-0.05, 0) is 12.1 Å². The van der Waals surface area contributed by atoms with Gasteiger partial charge in [-0.1, -0.05) is 6.07 Å². The van der Waals surface area contributed by atoms with E-state index in [-0.39, 0.29) is 5.69 Å². The number of nitrogen functional groups attached to an aromatic ring is 1. The van der Waals surface area contributed by atoms with Crippen molar-refractivity contribution < 1.29 is 22.3 Å². The fraction of sp³-hybridized carbons (Fsp3) is 0.250. The van der Waals surface area contributed by atoms with Gasteiger partial charge < -0.3 is 10.5 Å². The minimum atomic E-state index is -4.49. The van der Waals surface area contributed by atoms with Gasteiger partial charge in [-0.3, -0.25) is 0 Å². The lowest BCUT2D eigenvalue weighted by atomic mass is 10.3. The maximum atomic E-state index is 13.0. The Morgan fingerprint density at radius 1 is 1.29 bits per heavy atom. The molecule has 0 fully saturated rings. The minimum absolute atomic E-state index is 0.246. The molecule has 6 heteroatoms. The minimum Gasteiger partial charge on any atom is -0.481 e. The van der Waals surface area contributed by atoms with E-state index in [1.54, 1.807) is 0 Å². The largest absolute Gasteiger partial charge is 0.481 e. The summed E-state index contributed by atoms with van der Waals surface area (Å²) in [5, 5.41) is 0. The van der Waals surface area contributed by atoms with Crippen molar-refractivity contribution in [3.63, 3.8) is 0 Å². The second-order valence-electron chi connectivity index (χ2n) is 2.56. The molecule has 0 unspecified atom stereocenters. The van der Waals surface area contributed by atoms with Crippen LogP contribution in [-0.4, -0.2) is 12.8 Å². The Morgan fingerprint density at radius 2 is 1.93 bits per heavy atom. The molecule has 0 bridgehead atoms. The van der Waals surface area contributed by atoms with E-state index in [0.717, 1.165) is 6.07 Å². The van der Waals surface area contributed by atoms with E-state index >= 15 is 0 Å². The van der Waals surface area contributed by atoms with Gasteiger partial charge in [-0.2, -0.15) is 13.2 Å². The van der Waals surface area contributed by atoms with Crippen molar-refractivity contribution in [2.45, 2.75) is 6.18 Å².